The second kappa shape index (κ2) is 7.46. The van der Waals surface area contributed by atoms with Crippen LogP contribution in [0.4, 0.5) is 0 Å². The number of nitrogens with two attached hydrogens (primary N) is 1. The molecule has 4 heteroatoms. The standard InChI is InChI=1S/C16H25NO2S/c17-10-7-15(18)13-5-4-6-14(11-13)20-12-16(19)8-2-1-3-9-16/h4-6,11,15,18-19H,1-3,7-10,12,17H2. The van der Waals surface area contributed by atoms with Crippen LogP contribution in [0.1, 0.15) is 50.2 Å². The molecule has 0 saturated heterocycles. The number of hydrogen-bond donors (Lipinski definition) is 3. The first-order chi connectivity index (χ1) is 9.63. The molecule has 112 valence electrons. The minimum absolute atomic E-state index is 0.484. The average Bonchev–Trinajstić information content (AvgIpc) is 2.47. The van der Waals surface area contributed by atoms with Crippen molar-refractivity contribution in [1.82, 2.24) is 0 Å². The van der Waals surface area contributed by atoms with Crippen LogP contribution in [0.5, 0.6) is 0 Å². The summed E-state index contributed by atoms with van der Waals surface area (Å²) in [5.41, 5.74) is 5.89. The Kier molecular flexibility index (Phi) is 5.90. The van der Waals surface area contributed by atoms with Gasteiger partial charge < -0.3 is 15.9 Å². The van der Waals surface area contributed by atoms with Crippen molar-refractivity contribution in [2.45, 2.75) is 55.1 Å². The summed E-state index contributed by atoms with van der Waals surface area (Å²) in [7, 11) is 0. The molecule has 0 heterocycles. The first-order valence-corrected chi connectivity index (χ1v) is 8.45. The minimum atomic E-state index is -0.505. The van der Waals surface area contributed by atoms with Crippen molar-refractivity contribution in [1.29, 1.82) is 0 Å². The van der Waals surface area contributed by atoms with Gasteiger partial charge in [0, 0.05) is 10.6 Å². The maximum Gasteiger partial charge on any atom is 0.0802 e. The van der Waals surface area contributed by atoms with Gasteiger partial charge in [0.25, 0.3) is 0 Å². The van der Waals surface area contributed by atoms with Gasteiger partial charge in [-0.05, 0) is 43.5 Å². The van der Waals surface area contributed by atoms with Crippen molar-refractivity contribution in [2.24, 2.45) is 5.73 Å². The molecular weight excluding hydrogens is 270 g/mol. The molecule has 0 aromatic heterocycles. The number of benzene rings is 1. The summed E-state index contributed by atoms with van der Waals surface area (Å²) in [5.74, 6) is 0.740. The maximum atomic E-state index is 10.5. The third-order valence-corrected chi connectivity index (χ3v) is 5.24. The lowest BCUT2D eigenvalue weighted by Crippen LogP contribution is -2.33. The molecule has 3 nitrogen and oxygen atoms in total. The minimum Gasteiger partial charge on any atom is -0.389 e. The Labute approximate surface area is 125 Å². The third-order valence-electron chi connectivity index (χ3n) is 3.97. The number of rotatable bonds is 6. The molecule has 1 aromatic carbocycles. The lowest BCUT2D eigenvalue weighted by Gasteiger charge is -2.31. The Morgan fingerprint density at radius 2 is 2.00 bits per heavy atom. The Hall–Kier alpha value is -0.550. The van der Waals surface area contributed by atoms with E-state index in [0.29, 0.717) is 13.0 Å². The van der Waals surface area contributed by atoms with Gasteiger partial charge in [0.1, 0.15) is 0 Å². The summed E-state index contributed by atoms with van der Waals surface area (Å²) in [6.45, 7) is 0.484. The summed E-state index contributed by atoms with van der Waals surface area (Å²) in [6.07, 6.45) is 5.42. The molecule has 1 aliphatic rings. The molecular formula is C16H25NO2S. The van der Waals surface area contributed by atoms with Crippen LogP contribution in [-0.2, 0) is 0 Å². The highest BCUT2D eigenvalue weighted by molar-refractivity contribution is 7.99. The molecule has 1 atom stereocenters. The van der Waals surface area contributed by atoms with E-state index in [9.17, 15) is 10.2 Å². The molecule has 2 rings (SSSR count). The van der Waals surface area contributed by atoms with E-state index >= 15 is 0 Å². The molecule has 0 aliphatic heterocycles. The summed E-state index contributed by atoms with van der Waals surface area (Å²) < 4.78 is 0. The Balaban J connectivity index is 1.94. The number of hydrogen-bond acceptors (Lipinski definition) is 4. The van der Waals surface area contributed by atoms with Crippen LogP contribution >= 0.6 is 11.8 Å². The van der Waals surface area contributed by atoms with Crippen molar-refractivity contribution in [3.05, 3.63) is 29.8 Å². The van der Waals surface area contributed by atoms with Gasteiger partial charge in [-0.1, -0.05) is 31.4 Å². The second-order valence-electron chi connectivity index (χ2n) is 5.74. The fraction of sp³-hybridized carbons (Fsp3) is 0.625. The normalized spacial score (nSPS) is 19.8. The Morgan fingerprint density at radius 3 is 2.70 bits per heavy atom. The smallest absolute Gasteiger partial charge is 0.0802 e. The van der Waals surface area contributed by atoms with Gasteiger partial charge in [-0.25, -0.2) is 0 Å². The van der Waals surface area contributed by atoms with Gasteiger partial charge in [0.15, 0.2) is 0 Å². The summed E-state index contributed by atoms with van der Waals surface area (Å²) in [4.78, 5) is 1.11. The highest BCUT2D eigenvalue weighted by atomic mass is 32.2. The molecule has 1 aromatic rings. The molecule has 1 fully saturated rings. The van der Waals surface area contributed by atoms with Crippen molar-refractivity contribution in [3.63, 3.8) is 0 Å². The van der Waals surface area contributed by atoms with Crippen molar-refractivity contribution in [3.8, 4) is 0 Å². The first kappa shape index (κ1) is 15.8. The molecule has 1 saturated carbocycles. The molecule has 1 unspecified atom stereocenters. The van der Waals surface area contributed by atoms with E-state index in [2.05, 4.69) is 0 Å². The van der Waals surface area contributed by atoms with Crippen LogP contribution in [-0.4, -0.2) is 28.1 Å². The number of thioether (sulfide) groups is 1. The quantitative estimate of drug-likeness (QED) is 0.706. The van der Waals surface area contributed by atoms with E-state index < -0.39 is 11.7 Å². The second-order valence-corrected chi connectivity index (χ2v) is 6.79. The topological polar surface area (TPSA) is 66.5 Å². The average molecular weight is 295 g/mol. The Bertz CT molecular complexity index is 419. The zero-order valence-electron chi connectivity index (χ0n) is 11.9. The van der Waals surface area contributed by atoms with Gasteiger partial charge in [-0.2, -0.15) is 0 Å². The van der Waals surface area contributed by atoms with Crippen LogP contribution in [0.25, 0.3) is 0 Å². The molecule has 0 amide bonds. The lowest BCUT2D eigenvalue weighted by molar-refractivity contribution is 0.0273. The monoisotopic (exact) mass is 295 g/mol. The van der Waals surface area contributed by atoms with Crippen LogP contribution < -0.4 is 5.73 Å². The highest BCUT2D eigenvalue weighted by Crippen LogP contribution is 2.34. The van der Waals surface area contributed by atoms with E-state index in [-0.39, 0.29) is 0 Å². The summed E-state index contributed by atoms with van der Waals surface area (Å²) in [5, 5.41) is 20.5. The highest BCUT2D eigenvalue weighted by Gasteiger charge is 2.29. The zero-order valence-corrected chi connectivity index (χ0v) is 12.7. The Morgan fingerprint density at radius 1 is 1.25 bits per heavy atom. The molecule has 0 bridgehead atoms. The number of aliphatic hydroxyl groups excluding tert-OH is 1. The fourth-order valence-corrected chi connectivity index (χ4v) is 3.83. The van der Waals surface area contributed by atoms with E-state index in [0.717, 1.165) is 41.9 Å². The van der Waals surface area contributed by atoms with Gasteiger partial charge in [0.05, 0.1) is 11.7 Å². The van der Waals surface area contributed by atoms with Crippen molar-refractivity contribution in [2.75, 3.05) is 12.3 Å². The third kappa shape index (κ3) is 4.48. The molecule has 0 radical (unpaired) electrons. The predicted octanol–water partition coefficient (Wildman–Crippen LogP) is 2.86. The maximum absolute atomic E-state index is 10.5. The number of aliphatic hydroxyl groups is 2. The molecule has 1 aliphatic carbocycles. The SMILES string of the molecule is NCCC(O)c1cccc(SCC2(O)CCCCC2)c1. The van der Waals surface area contributed by atoms with Crippen molar-refractivity contribution >= 4 is 11.8 Å². The van der Waals surface area contributed by atoms with E-state index in [1.54, 1.807) is 11.8 Å². The zero-order chi connectivity index (χ0) is 14.4. The molecule has 0 spiro atoms. The lowest BCUT2D eigenvalue weighted by atomic mass is 9.86. The predicted molar refractivity (Wildman–Crippen MR) is 83.8 cm³/mol. The van der Waals surface area contributed by atoms with E-state index in [1.165, 1.54) is 6.42 Å². The van der Waals surface area contributed by atoms with Crippen molar-refractivity contribution < 1.29 is 10.2 Å². The van der Waals surface area contributed by atoms with E-state index in [1.807, 2.05) is 24.3 Å². The summed E-state index contributed by atoms with van der Waals surface area (Å²) in [6, 6.07) is 7.94. The van der Waals surface area contributed by atoms with Gasteiger partial charge in [-0.3, -0.25) is 0 Å². The van der Waals surface area contributed by atoms with Crippen LogP contribution in [0, 0.1) is 0 Å². The van der Waals surface area contributed by atoms with Gasteiger partial charge in [-0.15, -0.1) is 11.8 Å². The van der Waals surface area contributed by atoms with Crippen LogP contribution in [0.2, 0.25) is 0 Å². The first-order valence-electron chi connectivity index (χ1n) is 7.46. The van der Waals surface area contributed by atoms with E-state index in [4.69, 9.17) is 5.73 Å². The van der Waals surface area contributed by atoms with Gasteiger partial charge in [0.2, 0.25) is 0 Å². The molecule has 20 heavy (non-hydrogen) atoms. The summed E-state index contributed by atoms with van der Waals surface area (Å²) >= 11 is 1.68. The molecule has 4 N–H and O–H groups in total. The fourth-order valence-electron chi connectivity index (χ4n) is 2.71. The van der Waals surface area contributed by atoms with Gasteiger partial charge >= 0.3 is 0 Å². The largest absolute Gasteiger partial charge is 0.389 e. The van der Waals surface area contributed by atoms with Crippen LogP contribution in [0.15, 0.2) is 29.2 Å². The van der Waals surface area contributed by atoms with Crippen LogP contribution in [0.3, 0.4) is 0 Å².